The van der Waals surface area contributed by atoms with E-state index in [-0.39, 0.29) is 11.3 Å². The van der Waals surface area contributed by atoms with Crippen molar-refractivity contribution in [2.75, 3.05) is 32.7 Å². The first-order valence-electron chi connectivity index (χ1n) is 19.7. The number of halogens is 2. The fraction of sp³-hybridized carbons (Fsp3) is 0.643. The molecular formula is C42H62ClFN4O3S. The average Bonchev–Trinajstić information content (AvgIpc) is 3.29. The Kier molecular flexibility index (Phi) is 14.3. The van der Waals surface area contributed by atoms with Crippen molar-refractivity contribution < 1.29 is 18.1 Å². The highest BCUT2D eigenvalue weighted by molar-refractivity contribution is 7.91. The third-order valence-electron chi connectivity index (χ3n) is 12.2. The van der Waals surface area contributed by atoms with E-state index in [9.17, 15) is 13.4 Å². The second-order valence-corrected chi connectivity index (χ2v) is 18.8. The summed E-state index contributed by atoms with van der Waals surface area (Å²) in [6, 6.07) is 12.9. The van der Waals surface area contributed by atoms with Crippen LogP contribution in [0.25, 0.3) is 0 Å². The lowest BCUT2D eigenvalue weighted by molar-refractivity contribution is 0.0331. The van der Waals surface area contributed by atoms with Gasteiger partial charge in [-0.05, 0) is 130 Å². The van der Waals surface area contributed by atoms with Crippen LogP contribution in [-0.4, -0.2) is 70.1 Å². The topological polar surface area (TPSA) is 85.7 Å². The number of ether oxygens (including phenoxy) is 1. The van der Waals surface area contributed by atoms with Crippen molar-refractivity contribution >= 4 is 27.4 Å². The number of carbonyl (C=O) groups is 1. The third-order valence-corrected chi connectivity index (χ3v) is 14.5. The van der Waals surface area contributed by atoms with E-state index in [1.54, 1.807) is 31.2 Å². The van der Waals surface area contributed by atoms with Gasteiger partial charge in [0, 0.05) is 41.7 Å². The molecule has 1 amide bonds. The van der Waals surface area contributed by atoms with Gasteiger partial charge in [0.15, 0.2) is 0 Å². The van der Waals surface area contributed by atoms with Gasteiger partial charge in [-0.25, -0.2) is 13.4 Å². The minimum atomic E-state index is -3.43. The van der Waals surface area contributed by atoms with Crippen molar-refractivity contribution in [3.05, 3.63) is 76.3 Å². The number of nitrogens with zero attached hydrogens (tertiary/aromatic N) is 2. The van der Waals surface area contributed by atoms with Crippen LogP contribution in [0.2, 0.25) is 5.02 Å². The lowest BCUT2D eigenvalue weighted by Crippen LogP contribution is -2.50. The Bertz CT molecular complexity index is 1620. The first-order valence-corrected chi connectivity index (χ1v) is 21.7. The maximum Gasteiger partial charge on any atom is 0.263 e. The summed E-state index contributed by atoms with van der Waals surface area (Å²) in [6.07, 6.45) is 12.6. The maximum absolute atomic E-state index is 14.4. The molecule has 7 nitrogen and oxygen atoms in total. The van der Waals surface area contributed by atoms with Crippen LogP contribution in [-0.2, 0) is 22.9 Å². The number of rotatable bonds is 16. The number of hydrogen-bond acceptors (Lipinski definition) is 6. The molecule has 288 valence electrons. The number of nitrogens with one attached hydrogen (secondary N) is 2. The highest BCUT2D eigenvalue weighted by Gasteiger charge is 2.43. The second kappa shape index (κ2) is 18.2. The maximum atomic E-state index is 14.4. The van der Waals surface area contributed by atoms with Gasteiger partial charge in [0.2, 0.25) is 0 Å². The molecule has 0 radical (unpaired) electrons. The van der Waals surface area contributed by atoms with Crippen LogP contribution >= 0.6 is 11.6 Å². The van der Waals surface area contributed by atoms with Crippen molar-refractivity contribution in [2.45, 2.75) is 116 Å². The molecule has 2 aliphatic heterocycles. The number of allylic oxidation sites excluding steroid dienone is 1. The molecule has 1 unspecified atom stereocenters. The molecule has 0 spiro atoms. The van der Waals surface area contributed by atoms with Crippen LogP contribution in [0.15, 0.2) is 54.6 Å². The van der Waals surface area contributed by atoms with Gasteiger partial charge in [-0.1, -0.05) is 70.4 Å². The first-order chi connectivity index (χ1) is 24.8. The summed E-state index contributed by atoms with van der Waals surface area (Å²) in [7, 11) is -3.43. The molecule has 8 atom stereocenters. The molecule has 3 fully saturated rings. The standard InChI is InChI=1S/C42H62ClFN4O3S/c1-6-7-11-34-25-36(43)16-13-35(34)28-51-39-17-14-33(15-18-39)41(49)46-52(45,50)32(4)30(2)10-8-21-42(5,40-19-12-31(40)3)29-47-22-9-23-48-24-20-37(44)26-38(48)27-47/h8,13-18,21,25,30-32,37-38,40H,6-7,9-12,19-20,22-24,26-29H2,1-5H3,(H2,45,46,49,50)/b21-8+/t30-,31+,32+,37+,38-,40+,42-,52?/m0/s1. The van der Waals surface area contributed by atoms with Gasteiger partial charge >= 0.3 is 0 Å². The zero-order chi connectivity index (χ0) is 37.5. The van der Waals surface area contributed by atoms with Gasteiger partial charge in [0.1, 0.15) is 28.4 Å². The predicted octanol–water partition coefficient (Wildman–Crippen LogP) is 9.48. The zero-order valence-electron chi connectivity index (χ0n) is 32.1. The molecule has 10 heteroatoms. The molecule has 3 aliphatic rings. The number of fused-ring (bicyclic) bond motifs is 1. The SMILES string of the molecule is CCCCc1cc(Cl)ccc1COc1ccc(C(=O)NS(=N)(=O)[C@H](C)[C@@H](C)C/C=C/[C@@](C)(CN2CCCN3CC[C@@H](F)C[C@H]3C2)[C@@H]2CC[C@H]2C)cc1. The number of benzene rings is 2. The van der Waals surface area contributed by atoms with E-state index in [0.29, 0.717) is 60.1 Å². The van der Waals surface area contributed by atoms with Crippen molar-refractivity contribution in [3.63, 3.8) is 0 Å². The molecule has 52 heavy (non-hydrogen) atoms. The van der Waals surface area contributed by atoms with E-state index >= 15 is 0 Å². The van der Waals surface area contributed by atoms with E-state index in [0.717, 1.165) is 64.0 Å². The number of piperidine rings is 1. The van der Waals surface area contributed by atoms with Gasteiger partial charge in [-0.15, -0.1) is 0 Å². The Morgan fingerprint density at radius 3 is 2.60 bits per heavy atom. The van der Waals surface area contributed by atoms with Crippen LogP contribution in [0.5, 0.6) is 5.75 Å². The Hall–Kier alpha value is -2.46. The molecular weight excluding hydrogens is 695 g/mol. The van der Waals surface area contributed by atoms with E-state index in [4.69, 9.17) is 21.1 Å². The van der Waals surface area contributed by atoms with Crippen molar-refractivity contribution in [2.24, 2.45) is 23.2 Å². The number of unbranched alkanes of at least 4 members (excludes halogenated alkanes) is 1. The van der Waals surface area contributed by atoms with E-state index in [2.05, 4.69) is 47.4 Å². The summed E-state index contributed by atoms with van der Waals surface area (Å²) in [5.41, 5.74) is 2.58. The molecule has 2 N–H and O–H groups in total. The highest BCUT2D eigenvalue weighted by atomic mass is 35.5. The van der Waals surface area contributed by atoms with Gasteiger partial charge in [0.05, 0.1) is 5.25 Å². The van der Waals surface area contributed by atoms with Crippen LogP contribution < -0.4 is 9.46 Å². The minimum Gasteiger partial charge on any atom is -0.489 e. The lowest BCUT2D eigenvalue weighted by Gasteiger charge is -2.48. The number of amides is 1. The van der Waals surface area contributed by atoms with Crippen molar-refractivity contribution in [3.8, 4) is 5.75 Å². The summed E-state index contributed by atoms with van der Waals surface area (Å²) >= 11 is 6.23. The van der Waals surface area contributed by atoms with Crippen LogP contribution in [0.3, 0.4) is 0 Å². The number of hydrogen-bond donors (Lipinski definition) is 2. The molecule has 5 rings (SSSR count). The molecule has 0 bridgehead atoms. The molecule has 2 saturated heterocycles. The normalized spacial score (nSPS) is 26.3. The summed E-state index contributed by atoms with van der Waals surface area (Å²) < 4.78 is 45.2. The molecule has 2 aromatic carbocycles. The zero-order valence-corrected chi connectivity index (χ0v) is 33.6. The summed E-state index contributed by atoms with van der Waals surface area (Å²) in [6.45, 7) is 16.0. The average molecular weight is 758 g/mol. The molecule has 2 heterocycles. The Labute approximate surface area is 318 Å². The third kappa shape index (κ3) is 10.6. The van der Waals surface area contributed by atoms with Gasteiger partial charge in [-0.2, -0.15) is 0 Å². The second-order valence-electron chi connectivity index (χ2n) is 16.2. The van der Waals surface area contributed by atoms with E-state index < -0.39 is 27.2 Å². The number of alkyl halides is 1. The molecule has 1 aliphatic carbocycles. The monoisotopic (exact) mass is 756 g/mol. The van der Waals surface area contributed by atoms with Crippen molar-refractivity contribution in [1.29, 1.82) is 4.78 Å². The Morgan fingerprint density at radius 2 is 1.90 bits per heavy atom. The highest BCUT2D eigenvalue weighted by Crippen LogP contribution is 2.48. The summed E-state index contributed by atoms with van der Waals surface area (Å²) in [5.74, 6) is 1.27. The smallest absolute Gasteiger partial charge is 0.263 e. The Morgan fingerprint density at radius 1 is 1.13 bits per heavy atom. The van der Waals surface area contributed by atoms with E-state index in [1.807, 2.05) is 25.1 Å². The fourth-order valence-corrected chi connectivity index (χ4v) is 10.1. The van der Waals surface area contributed by atoms with Gasteiger partial charge in [-0.3, -0.25) is 14.4 Å². The van der Waals surface area contributed by atoms with Crippen LogP contribution in [0.1, 0.15) is 107 Å². The van der Waals surface area contributed by atoms with Crippen LogP contribution in [0.4, 0.5) is 4.39 Å². The van der Waals surface area contributed by atoms with E-state index in [1.165, 1.54) is 18.4 Å². The first kappa shape index (κ1) is 40.7. The molecule has 0 aromatic heterocycles. The predicted molar refractivity (Wildman–Crippen MR) is 212 cm³/mol. The van der Waals surface area contributed by atoms with Gasteiger partial charge in [0.25, 0.3) is 5.91 Å². The quantitative estimate of drug-likeness (QED) is 0.167. The largest absolute Gasteiger partial charge is 0.489 e. The molecule has 1 saturated carbocycles. The number of carbonyl (C=O) groups excluding carboxylic acids is 1. The fourth-order valence-electron chi connectivity index (χ4n) is 8.55. The van der Waals surface area contributed by atoms with Crippen LogP contribution in [0, 0.1) is 27.9 Å². The summed E-state index contributed by atoms with van der Waals surface area (Å²) in [5, 5.41) is 0.169. The minimum absolute atomic E-state index is 0.0157. The Balaban J connectivity index is 1.15. The molecule has 2 aromatic rings. The number of aryl methyl sites for hydroxylation is 1. The lowest BCUT2D eigenvalue weighted by atomic mass is 9.60. The van der Waals surface area contributed by atoms with Crippen molar-refractivity contribution in [1.82, 2.24) is 14.5 Å². The van der Waals surface area contributed by atoms with Gasteiger partial charge < -0.3 is 9.64 Å². The summed E-state index contributed by atoms with van der Waals surface area (Å²) in [4.78, 5) is 18.2.